The molecule has 2 amide bonds. The second kappa shape index (κ2) is 12.6. The number of carbonyl (C=O) groups excluding carboxylic acids is 3. The monoisotopic (exact) mass is 594 g/mol. The SMILES string of the molecule is O=C1NC[C@@H](C2=CN[C@@](Cc3ccccc3)(C[C@H](O)[C@H](Cc3ccccc3)N(C(=O)[O-])[C@H]3CCOC3)C2=O)c2ccccc21. The van der Waals surface area contributed by atoms with Gasteiger partial charge in [-0.05, 0) is 35.6 Å². The summed E-state index contributed by atoms with van der Waals surface area (Å²) in [7, 11) is 0. The maximum atomic E-state index is 14.6. The molecular formula is C35H36N3O6-. The molecule has 0 aliphatic carbocycles. The number of rotatable bonds is 10. The van der Waals surface area contributed by atoms with E-state index in [0.717, 1.165) is 16.7 Å². The van der Waals surface area contributed by atoms with E-state index in [4.69, 9.17) is 4.74 Å². The van der Waals surface area contributed by atoms with Crippen LogP contribution in [0.4, 0.5) is 4.79 Å². The zero-order valence-corrected chi connectivity index (χ0v) is 24.4. The van der Waals surface area contributed by atoms with Crippen LogP contribution in [0, 0.1) is 0 Å². The first-order chi connectivity index (χ1) is 21.4. The number of hydrogen-bond donors (Lipinski definition) is 3. The van der Waals surface area contributed by atoms with Crippen LogP contribution in [0.25, 0.3) is 0 Å². The van der Waals surface area contributed by atoms with Gasteiger partial charge in [0, 0.05) is 49.2 Å². The quantitative estimate of drug-likeness (QED) is 0.329. The van der Waals surface area contributed by atoms with Crippen molar-refractivity contribution < 1.29 is 29.3 Å². The van der Waals surface area contributed by atoms with Crippen LogP contribution in [0.3, 0.4) is 0 Å². The first-order valence-electron chi connectivity index (χ1n) is 15.1. The van der Waals surface area contributed by atoms with E-state index in [1.165, 1.54) is 4.90 Å². The van der Waals surface area contributed by atoms with Gasteiger partial charge >= 0.3 is 0 Å². The smallest absolute Gasteiger partial charge is 0.251 e. The number of ketones is 1. The summed E-state index contributed by atoms with van der Waals surface area (Å²) in [4.78, 5) is 41.0. The summed E-state index contributed by atoms with van der Waals surface area (Å²) >= 11 is 0. The molecule has 3 N–H and O–H groups in total. The predicted molar refractivity (Wildman–Crippen MR) is 162 cm³/mol. The minimum Gasteiger partial charge on any atom is -0.530 e. The molecule has 0 bridgehead atoms. The molecular weight excluding hydrogens is 558 g/mol. The molecule has 3 aliphatic rings. The van der Waals surface area contributed by atoms with E-state index < -0.39 is 29.8 Å². The summed E-state index contributed by atoms with van der Waals surface area (Å²) in [5.74, 6) is -0.725. The summed E-state index contributed by atoms with van der Waals surface area (Å²) in [5, 5.41) is 30.9. The number of carbonyl (C=O) groups is 3. The lowest BCUT2D eigenvalue weighted by Gasteiger charge is -2.43. The molecule has 1 saturated heterocycles. The van der Waals surface area contributed by atoms with Crippen molar-refractivity contribution in [2.24, 2.45) is 0 Å². The number of carboxylic acid groups (broad SMARTS) is 1. The fourth-order valence-electron chi connectivity index (χ4n) is 6.93. The van der Waals surface area contributed by atoms with Crippen molar-refractivity contribution in [2.75, 3.05) is 19.8 Å². The Kier molecular flexibility index (Phi) is 8.50. The molecule has 5 atom stereocenters. The molecule has 3 aliphatic heterocycles. The lowest BCUT2D eigenvalue weighted by Crippen LogP contribution is -2.60. The maximum Gasteiger partial charge on any atom is 0.251 e. The fraction of sp³-hybridized carbons (Fsp3) is 0.343. The van der Waals surface area contributed by atoms with Gasteiger partial charge < -0.3 is 35.3 Å². The second-order valence-electron chi connectivity index (χ2n) is 11.9. The number of nitrogens with zero attached hydrogens (tertiary/aromatic N) is 1. The number of ether oxygens (including phenoxy) is 1. The molecule has 44 heavy (non-hydrogen) atoms. The zero-order chi connectivity index (χ0) is 30.7. The molecule has 9 nitrogen and oxygen atoms in total. The molecule has 3 aromatic rings. The average Bonchev–Trinajstić information content (AvgIpc) is 3.67. The van der Waals surface area contributed by atoms with E-state index in [2.05, 4.69) is 10.6 Å². The molecule has 0 aromatic heterocycles. The van der Waals surface area contributed by atoms with Gasteiger partial charge in [-0.3, -0.25) is 9.59 Å². The van der Waals surface area contributed by atoms with E-state index in [0.29, 0.717) is 24.2 Å². The van der Waals surface area contributed by atoms with Crippen LogP contribution in [0.15, 0.2) is 96.7 Å². The van der Waals surface area contributed by atoms with Crippen LogP contribution in [0.2, 0.25) is 0 Å². The first kappa shape index (κ1) is 29.6. The Bertz CT molecular complexity index is 1540. The number of nitrogens with one attached hydrogen (secondary N) is 2. The third-order valence-electron chi connectivity index (χ3n) is 9.13. The Balaban J connectivity index is 1.35. The number of benzene rings is 3. The Labute approximate surface area is 256 Å². The number of fused-ring (bicyclic) bond motifs is 1. The minimum atomic E-state index is -1.38. The van der Waals surface area contributed by atoms with Gasteiger partial charge in [0.2, 0.25) is 0 Å². The average molecular weight is 595 g/mol. The van der Waals surface area contributed by atoms with Crippen LogP contribution < -0.4 is 15.7 Å². The molecule has 0 saturated carbocycles. The van der Waals surface area contributed by atoms with Crippen molar-refractivity contribution in [3.8, 4) is 0 Å². The Morgan fingerprint density at radius 1 is 1.00 bits per heavy atom. The third kappa shape index (κ3) is 5.85. The normalized spacial score (nSPS) is 24.1. The molecule has 1 fully saturated rings. The summed E-state index contributed by atoms with van der Waals surface area (Å²) < 4.78 is 5.52. The van der Waals surface area contributed by atoms with E-state index in [1.807, 2.05) is 72.8 Å². The summed E-state index contributed by atoms with van der Waals surface area (Å²) in [5.41, 5.74) is 2.34. The Morgan fingerprint density at radius 2 is 1.68 bits per heavy atom. The van der Waals surface area contributed by atoms with Crippen molar-refractivity contribution in [2.45, 2.75) is 55.3 Å². The molecule has 6 rings (SSSR count). The summed E-state index contributed by atoms with van der Waals surface area (Å²) in [6, 6.07) is 24.9. The number of amides is 2. The van der Waals surface area contributed by atoms with Crippen LogP contribution in [0.5, 0.6) is 0 Å². The second-order valence-corrected chi connectivity index (χ2v) is 11.9. The Hall–Kier alpha value is -4.47. The standard InChI is InChI=1S/C35H37N3O6/c39-31(30(17-23-9-3-1-4-10-23)38(34(42)43)25-15-16-44-22-25)19-35(18-24-11-5-2-6-12-24)32(40)29(21-37-35)28-20-36-33(41)27-14-8-7-13-26(27)28/h1-14,21,25,28,30-31,37,39H,15-20,22H2,(H,36,41)(H,42,43)/p-1/t25-,28+,30-,31-,35-/m0/s1. The van der Waals surface area contributed by atoms with Crippen molar-refractivity contribution in [3.05, 3.63) is 119 Å². The van der Waals surface area contributed by atoms with E-state index in [9.17, 15) is 24.6 Å². The molecule has 0 unspecified atom stereocenters. The largest absolute Gasteiger partial charge is 0.530 e. The highest BCUT2D eigenvalue weighted by atomic mass is 16.5. The summed E-state index contributed by atoms with van der Waals surface area (Å²) in [6.45, 7) is 0.917. The van der Waals surface area contributed by atoms with Gasteiger partial charge in [-0.15, -0.1) is 0 Å². The van der Waals surface area contributed by atoms with E-state index in [1.54, 1.807) is 18.3 Å². The molecule has 3 aromatic carbocycles. The highest BCUT2D eigenvalue weighted by Crippen LogP contribution is 2.39. The van der Waals surface area contributed by atoms with Crippen LogP contribution in [0.1, 0.15) is 45.8 Å². The van der Waals surface area contributed by atoms with Gasteiger partial charge in [-0.2, -0.15) is 0 Å². The van der Waals surface area contributed by atoms with Crippen molar-refractivity contribution in [1.29, 1.82) is 0 Å². The summed E-state index contributed by atoms with van der Waals surface area (Å²) in [6.07, 6.45) is 0.0826. The fourth-order valence-corrected chi connectivity index (χ4v) is 6.93. The van der Waals surface area contributed by atoms with Gasteiger partial charge in [0.25, 0.3) is 5.91 Å². The van der Waals surface area contributed by atoms with Crippen molar-refractivity contribution in [3.63, 3.8) is 0 Å². The molecule has 3 heterocycles. The highest BCUT2D eigenvalue weighted by molar-refractivity contribution is 6.07. The highest BCUT2D eigenvalue weighted by Gasteiger charge is 2.49. The third-order valence-corrected chi connectivity index (χ3v) is 9.13. The molecule has 228 valence electrons. The van der Waals surface area contributed by atoms with Crippen LogP contribution in [-0.4, -0.2) is 71.3 Å². The van der Waals surface area contributed by atoms with Gasteiger partial charge in [-0.25, -0.2) is 0 Å². The topological polar surface area (TPSA) is 131 Å². The van der Waals surface area contributed by atoms with Gasteiger partial charge in [0.1, 0.15) is 11.6 Å². The molecule has 0 spiro atoms. The number of Topliss-reactive ketones (excluding diaryl/α,β-unsaturated/α-hetero) is 1. The van der Waals surface area contributed by atoms with Gasteiger partial charge in [0.05, 0.1) is 24.8 Å². The van der Waals surface area contributed by atoms with Crippen molar-refractivity contribution >= 4 is 17.8 Å². The van der Waals surface area contributed by atoms with Crippen LogP contribution >= 0.6 is 0 Å². The number of aliphatic hydroxyl groups excluding tert-OH is 1. The molecule has 9 heteroatoms. The lowest BCUT2D eigenvalue weighted by molar-refractivity contribution is -0.272. The van der Waals surface area contributed by atoms with Gasteiger partial charge in [-0.1, -0.05) is 78.9 Å². The minimum absolute atomic E-state index is 0.0453. The number of aliphatic hydroxyl groups is 1. The van der Waals surface area contributed by atoms with Crippen LogP contribution in [-0.2, 0) is 22.4 Å². The van der Waals surface area contributed by atoms with E-state index in [-0.39, 0.29) is 50.0 Å². The zero-order valence-electron chi connectivity index (χ0n) is 24.4. The maximum absolute atomic E-state index is 14.6. The molecule has 0 radical (unpaired) electrons. The Morgan fingerprint density at radius 3 is 2.36 bits per heavy atom. The van der Waals surface area contributed by atoms with E-state index >= 15 is 0 Å². The first-order valence-corrected chi connectivity index (χ1v) is 15.1. The van der Waals surface area contributed by atoms with Crippen molar-refractivity contribution in [1.82, 2.24) is 15.5 Å². The predicted octanol–water partition coefficient (Wildman–Crippen LogP) is 2.35. The lowest BCUT2D eigenvalue weighted by atomic mass is 9.75. The van der Waals surface area contributed by atoms with Gasteiger partial charge in [0.15, 0.2) is 5.78 Å². The number of hydrogen-bond acceptors (Lipinski definition) is 7.